The molecular formula is C16H13N3O2S3. The fraction of sp³-hybridized carbons (Fsp3) is 0.188. The van der Waals surface area contributed by atoms with Crippen LogP contribution < -0.4 is 5.56 Å². The fourth-order valence-electron chi connectivity index (χ4n) is 2.34. The molecule has 0 saturated carbocycles. The first kappa shape index (κ1) is 15.6. The third kappa shape index (κ3) is 2.81. The number of aromatic nitrogens is 3. The molecule has 0 aliphatic carbocycles. The van der Waals surface area contributed by atoms with E-state index in [1.54, 1.807) is 22.2 Å². The van der Waals surface area contributed by atoms with Crippen molar-refractivity contribution in [2.75, 3.05) is 0 Å². The van der Waals surface area contributed by atoms with Gasteiger partial charge in [-0.3, -0.25) is 9.36 Å². The lowest BCUT2D eigenvalue weighted by molar-refractivity contribution is 0.575. The maximum Gasteiger partial charge on any atom is 0.272 e. The van der Waals surface area contributed by atoms with E-state index in [0.29, 0.717) is 28.0 Å². The van der Waals surface area contributed by atoms with E-state index in [9.17, 15) is 4.79 Å². The van der Waals surface area contributed by atoms with Crippen molar-refractivity contribution in [3.8, 4) is 10.8 Å². The fourth-order valence-corrected chi connectivity index (χ4v) is 4.71. The molecule has 0 fully saturated rings. The van der Waals surface area contributed by atoms with Gasteiger partial charge in [-0.1, -0.05) is 17.8 Å². The van der Waals surface area contributed by atoms with Crippen molar-refractivity contribution < 1.29 is 4.42 Å². The van der Waals surface area contributed by atoms with E-state index in [1.165, 1.54) is 23.1 Å². The minimum absolute atomic E-state index is 0.0272. The van der Waals surface area contributed by atoms with E-state index in [0.717, 1.165) is 16.1 Å². The number of fused-ring (bicyclic) bond motifs is 1. The number of hydrogen-bond donors (Lipinski definition) is 0. The molecule has 4 heterocycles. The van der Waals surface area contributed by atoms with Crippen LogP contribution >= 0.6 is 34.4 Å². The molecule has 0 unspecified atom stereocenters. The quantitative estimate of drug-likeness (QED) is 0.380. The maximum absolute atomic E-state index is 12.5. The van der Waals surface area contributed by atoms with Gasteiger partial charge in [0.05, 0.1) is 16.1 Å². The zero-order chi connectivity index (χ0) is 16.5. The number of nitrogens with zero attached hydrogens (tertiary/aromatic N) is 3. The molecule has 0 radical (unpaired) electrons. The molecule has 0 aliphatic heterocycles. The Bertz CT molecular complexity index is 1030. The SMILES string of the molecule is CCn1c(SCc2coc(-c3cccs3)n2)nc2ccsc2c1=O. The Morgan fingerprint density at radius 3 is 2.96 bits per heavy atom. The molecule has 4 aromatic heterocycles. The monoisotopic (exact) mass is 375 g/mol. The molecule has 0 amide bonds. The standard InChI is InChI=1S/C16H13N3O2S3/c1-2-19-15(20)13-11(5-7-23-13)18-16(19)24-9-10-8-21-14(17-10)12-4-3-6-22-12/h3-8H,2,9H2,1H3. The smallest absolute Gasteiger partial charge is 0.272 e. The average molecular weight is 376 g/mol. The van der Waals surface area contributed by atoms with Crippen LogP contribution in [0.15, 0.2) is 49.6 Å². The first-order chi connectivity index (χ1) is 11.8. The van der Waals surface area contributed by atoms with Gasteiger partial charge in [0, 0.05) is 12.3 Å². The number of thiophene rings is 2. The highest BCUT2D eigenvalue weighted by Crippen LogP contribution is 2.27. The molecule has 0 aromatic carbocycles. The third-order valence-corrected chi connectivity index (χ3v) is 6.24. The summed E-state index contributed by atoms with van der Waals surface area (Å²) in [4.78, 5) is 22.6. The van der Waals surface area contributed by atoms with Gasteiger partial charge in [0.1, 0.15) is 11.0 Å². The van der Waals surface area contributed by atoms with Gasteiger partial charge in [0.2, 0.25) is 5.89 Å². The van der Waals surface area contributed by atoms with Crippen molar-refractivity contribution in [3.05, 3.63) is 51.3 Å². The van der Waals surface area contributed by atoms with Crippen LogP contribution in [-0.2, 0) is 12.3 Å². The molecule has 0 aliphatic rings. The molecular weight excluding hydrogens is 362 g/mol. The summed E-state index contributed by atoms with van der Waals surface area (Å²) in [5.74, 6) is 1.24. The summed E-state index contributed by atoms with van der Waals surface area (Å²) in [5, 5.41) is 4.61. The van der Waals surface area contributed by atoms with Crippen molar-refractivity contribution >= 4 is 44.7 Å². The molecule has 0 saturated heterocycles. The Hall–Kier alpha value is -1.90. The van der Waals surface area contributed by atoms with Crippen molar-refractivity contribution in [2.24, 2.45) is 0 Å². The predicted octanol–water partition coefficient (Wildman–Crippen LogP) is 4.49. The van der Waals surface area contributed by atoms with Crippen LogP contribution in [0.5, 0.6) is 0 Å². The summed E-state index contributed by atoms with van der Waals surface area (Å²) in [7, 11) is 0. The Morgan fingerprint density at radius 1 is 1.25 bits per heavy atom. The van der Waals surface area contributed by atoms with Gasteiger partial charge in [-0.05, 0) is 29.8 Å². The third-order valence-electron chi connectivity index (χ3n) is 3.48. The summed E-state index contributed by atoms with van der Waals surface area (Å²) in [5.41, 5.74) is 1.63. The van der Waals surface area contributed by atoms with E-state index in [1.807, 2.05) is 35.9 Å². The lowest BCUT2D eigenvalue weighted by Gasteiger charge is -2.08. The molecule has 8 heteroatoms. The maximum atomic E-state index is 12.5. The van der Waals surface area contributed by atoms with Crippen LogP contribution in [0.4, 0.5) is 0 Å². The van der Waals surface area contributed by atoms with Gasteiger partial charge in [-0.2, -0.15) is 0 Å². The van der Waals surface area contributed by atoms with Crippen LogP contribution in [0.2, 0.25) is 0 Å². The van der Waals surface area contributed by atoms with E-state index >= 15 is 0 Å². The van der Waals surface area contributed by atoms with Gasteiger partial charge >= 0.3 is 0 Å². The minimum atomic E-state index is 0.0272. The van der Waals surface area contributed by atoms with Gasteiger partial charge in [-0.25, -0.2) is 9.97 Å². The van der Waals surface area contributed by atoms with E-state index in [4.69, 9.17) is 4.42 Å². The van der Waals surface area contributed by atoms with Crippen LogP contribution in [0.3, 0.4) is 0 Å². The number of rotatable bonds is 5. The predicted molar refractivity (Wildman–Crippen MR) is 98.9 cm³/mol. The Labute approximate surface area is 150 Å². The van der Waals surface area contributed by atoms with Crippen molar-refractivity contribution in [1.82, 2.24) is 14.5 Å². The van der Waals surface area contributed by atoms with Crippen molar-refractivity contribution in [3.63, 3.8) is 0 Å². The highest BCUT2D eigenvalue weighted by Gasteiger charge is 2.13. The normalized spacial score (nSPS) is 11.4. The van der Waals surface area contributed by atoms with E-state index in [-0.39, 0.29) is 5.56 Å². The Balaban J connectivity index is 1.60. The summed E-state index contributed by atoms with van der Waals surface area (Å²) in [6.07, 6.45) is 1.67. The zero-order valence-electron chi connectivity index (χ0n) is 12.8. The van der Waals surface area contributed by atoms with Crippen LogP contribution in [0.25, 0.3) is 21.0 Å². The molecule has 0 N–H and O–H groups in total. The van der Waals surface area contributed by atoms with Gasteiger partial charge < -0.3 is 4.42 Å². The van der Waals surface area contributed by atoms with E-state index < -0.39 is 0 Å². The highest BCUT2D eigenvalue weighted by atomic mass is 32.2. The molecule has 5 nitrogen and oxygen atoms in total. The first-order valence-corrected chi connectivity index (χ1v) is 10.1. The Morgan fingerprint density at radius 2 is 2.17 bits per heavy atom. The van der Waals surface area contributed by atoms with Gasteiger partial charge in [-0.15, -0.1) is 22.7 Å². The Kier molecular flexibility index (Phi) is 4.26. The molecule has 0 bridgehead atoms. The second kappa shape index (κ2) is 6.54. The average Bonchev–Trinajstić information content (AvgIpc) is 3.32. The molecule has 24 heavy (non-hydrogen) atoms. The van der Waals surface area contributed by atoms with Crippen molar-refractivity contribution in [2.45, 2.75) is 24.4 Å². The molecule has 0 atom stereocenters. The topological polar surface area (TPSA) is 60.9 Å². The second-order valence-electron chi connectivity index (χ2n) is 4.99. The summed E-state index contributed by atoms with van der Waals surface area (Å²) in [6.45, 7) is 2.55. The molecule has 122 valence electrons. The zero-order valence-corrected chi connectivity index (χ0v) is 15.2. The molecule has 4 rings (SSSR count). The number of hydrogen-bond acceptors (Lipinski definition) is 7. The van der Waals surface area contributed by atoms with Crippen molar-refractivity contribution in [1.29, 1.82) is 0 Å². The highest BCUT2D eigenvalue weighted by molar-refractivity contribution is 7.98. The van der Waals surface area contributed by atoms with Gasteiger partial charge in [0.15, 0.2) is 5.16 Å². The lowest BCUT2D eigenvalue weighted by Crippen LogP contribution is -2.21. The lowest BCUT2D eigenvalue weighted by atomic mass is 10.4. The van der Waals surface area contributed by atoms with Crippen LogP contribution in [0, 0.1) is 0 Å². The second-order valence-corrected chi connectivity index (χ2v) is 7.80. The molecule has 0 spiro atoms. The summed E-state index contributed by atoms with van der Waals surface area (Å²) >= 11 is 4.54. The minimum Gasteiger partial charge on any atom is -0.444 e. The number of oxazole rings is 1. The largest absolute Gasteiger partial charge is 0.444 e. The van der Waals surface area contributed by atoms with Gasteiger partial charge in [0.25, 0.3) is 5.56 Å². The van der Waals surface area contributed by atoms with Crippen LogP contribution in [-0.4, -0.2) is 14.5 Å². The number of thioether (sulfide) groups is 1. The summed E-state index contributed by atoms with van der Waals surface area (Å²) in [6, 6.07) is 5.84. The van der Waals surface area contributed by atoms with E-state index in [2.05, 4.69) is 9.97 Å². The summed E-state index contributed by atoms with van der Waals surface area (Å²) < 4.78 is 7.96. The van der Waals surface area contributed by atoms with Crippen LogP contribution in [0.1, 0.15) is 12.6 Å². The first-order valence-electron chi connectivity index (χ1n) is 7.35. The molecule has 4 aromatic rings.